The Labute approximate surface area is 115 Å². The van der Waals surface area contributed by atoms with Gasteiger partial charge < -0.3 is 24.8 Å². The molecule has 3 unspecified atom stereocenters. The number of methoxy groups -OCH3 is 1. The molecule has 0 aromatic rings. The molecule has 3 N–H and O–H groups in total. The molecule has 1 rings (SSSR count). The van der Waals surface area contributed by atoms with Crippen molar-refractivity contribution in [2.24, 2.45) is 11.0 Å². The first-order valence-corrected chi connectivity index (χ1v) is 5.94. The van der Waals surface area contributed by atoms with E-state index < -0.39 is 42.8 Å². The van der Waals surface area contributed by atoms with Crippen LogP contribution in [0.1, 0.15) is 6.92 Å². The number of nitrogens with zero attached hydrogens (tertiary/aromatic N) is 3. The average Bonchev–Trinajstić information content (AvgIpc) is 2.47. The number of hydrogen-bond donors (Lipinski definition) is 3. The fourth-order valence-electron chi connectivity index (χ4n) is 1.92. The van der Waals surface area contributed by atoms with E-state index in [1.807, 2.05) is 0 Å². The molecular formula is C11H17N3O6. The lowest BCUT2D eigenvalue weighted by Gasteiger charge is -2.36. The summed E-state index contributed by atoms with van der Waals surface area (Å²) in [6, 6.07) is -0.742. The number of aliphatic hydroxyl groups excluding tert-OH is 3. The van der Waals surface area contributed by atoms with Gasteiger partial charge in [0.1, 0.15) is 18.3 Å². The molecule has 9 nitrogen and oxygen atoms in total. The van der Waals surface area contributed by atoms with Gasteiger partial charge in [-0.15, -0.1) is 0 Å². The monoisotopic (exact) mass is 287 g/mol. The van der Waals surface area contributed by atoms with Gasteiger partial charge >= 0.3 is 5.97 Å². The summed E-state index contributed by atoms with van der Waals surface area (Å²) in [4.78, 5) is 14.2. The zero-order valence-corrected chi connectivity index (χ0v) is 11.1. The number of carbonyl (C=O) groups excluding carboxylic acids is 1. The first-order valence-electron chi connectivity index (χ1n) is 5.94. The molecule has 20 heavy (non-hydrogen) atoms. The highest BCUT2D eigenvalue weighted by molar-refractivity contribution is 5.86. The molecule has 0 spiro atoms. The predicted octanol–water partition coefficient (Wildman–Crippen LogP) is -0.529. The van der Waals surface area contributed by atoms with Gasteiger partial charge in [0, 0.05) is 10.8 Å². The Bertz CT molecular complexity index is 434. The topological polar surface area (TPSA) is 145 Å². The SMILES string of the molecule is COC(=O)C1=CC(N=[N+]=[N-])[C@@H](C)[C@H](C(O)C(O)CO)O1. The van der Waals surface area contributed by atoms with Crippen molar-refractivity contribution in [3.05, 3.63) is 22.3 Å². The van der Waals surface area contributed by atoms with Crippen molar-refractivity contribution in [1.82, 2.24) is 0 Å². The van der Waals surface area contributed by atoms with Crippen LogP contribution in [0.5, 0.6) is 0 Å². The summed E-state index contributed by atoms with van der Waals surface area (Å²) in [5.74, 6) is -1.50. The van der Waals surface area contributed by atoms with Gasteiger partial charge in [0.15, 0.2) is 0 Å². The lowest BCUT2D eigenvalue weighted by atomic mass is 9.88. The number of esters is 1. The van der Waals surface area contributed by atoms with Gasteiger partial charge in [-0.1, -0.05) is 12.0 Å². The van der Waals surface area contributed by atoms with Crippen molar-refractivity contribution in [1.29, 1.82) is 0 Å². The zero-order valence-electron chi connectivity index (χ0n) is 11.1. The Balaban J connectivity index is 3.06. The van der Waals surface area contributed by atoms with Crippen LogP contribution in [-0.4, -0.2) is 59.4 Å². The maximum Gasteiger partial charge on any atom is 0.372 e. The molecule has 0 saturated carbocycles. The summed E-state index contributed by atoms with van der Waals surface area (Å²) < 4.78 is 9.80. The first-order chi connectivity index (χ1) is 9.46. The maximum absolute atomic E-state index is 11.5. The molecule has 112 valence electrons. The van der Waals surface area contributed by atoms with Crippen molar-refractivity contribution < 1.29 is 29.6 Å². The van der Waals surface area contributed by atoms with Crippen molar-refractivity contribution >= 4 is 5.97 Å². The van der Waals surface area contributed by atoms with E-state index in [2.05, 4.69) is 14.8 Å². The van der Waals surface area contributed by atoms with Gasteiger partial charge in [0.05, 0.1) is 19.8 Å². The minimum absolute atomic E-state index is 0.211. The van der Waals surface area contributed by atoms with Crippen molar-refractivity contribution in [3.63, 3.8) is 0 Å². The number of rotatable bonds is 5. The predicted molar refractivity (Wildman–Crippen MR) is 66.2 cm³/mol. The molecule has 0 radical (unpaired) electrons. The summed E-state index contributed by atoms with van der Waals surface area (Å²) in [5.41, 5.74) is 8.52. The van der Waals surface area contributed by atoms with Crippen molar-refractivity contribution in [3.8, 4) is 0 Å². The quantitative estimate of drug-likeness (QED) is 0.268. The van der Waals surface area contributed by atoms with Gasteiger partial charge in [0.25, 0.3) is 0 Å². The van der Waals surface area contributed by atoms with Gasteiger partial charge in [-0.25, -0.2) is 4.79 Å². The van der Waals surface area contributed by atoms with Gasteiger partial charge in [0.2, 0.25) is 5.76 Å². The number of aliphatic hydroxyl groups is 3. The highest BCUT2D eigenvalue weighted by Crippen LogP contribution is 2.29. The minimum atomic E-state index is -1.44. The van der Waals surface area contributed by atoms with Crippen LogP contribution in [0.2, 0.25) is 0 Å². The van der Waals surface area contributed by atoms with E-state index in [0.717, 1.165) is 7.11 Å². The summed E-state index contributed by atoms with van der Waals surface area (Å²) in [5, 5.41) is 31.8. The Hall–Kier alpha value is -1.80. The second-order valence-corrected chi connectivity index (χ2v) is 4.40. The molecule has 1 aliphatic heterocycles. The van der Waals surface area contributed by atoms with Crippen LogP contribution < -0.4 is 0 Å². The van der Waals surface area contributed by atoms with E-state index >= 15 is 0 Å². The van der Waals surface area contributed by atoms with E-state index in [-0.39, 0.29) is 5.76 Å². The third-order valence-corrected chi connectivity index (χ3v) is 3.13. The average molecular weight is 287 g/mol. The molecule has 0 aliphatic carbocycles. The van der Waals surface area contributed by atoms with Crippen LogP contribution in [0.4, 0.5) is 0 Å². The van der Waals surface area contributed by atoms with Crippen LogP contribution in [-0.2, 0) is 14.3 Å². The molecule has 0 fully saturated rings. The van der Waals surface area contributed by atoms with Crippen molar-refractivity contribution in [2.75, 3.05) is 13.7 Å². The minimum Gasteiger partial charge on any atom is -0.480 e. The molecule has 1 aliphatic rings. The molecule has 9 heteroatoms. The molecular weight excluding hydrogens is 270 g/mol. The summed E-state index contributed by atoms with van der Waals surface area (Å²) in [6.45, 7) is 0.957. The summed E-state index contributed by atoms with van der Waals surface area (Å²) in [6.07, 6.45) is -2.61. The molecule has 0 aromatic carbocycles. The Morgan fingerprint density at radius 2 is 2.30 bits per heavy atom. The van der Waals surface area contributed by atoms with Crippen molar-refractivity contribution in [2.45, 2.75) is 31.3 Å². The van der Waals surface area contributed by atoms with Gasteiger partial charge in [-0.05, 0) is 11.6 Å². The third kappa shape index (κ3) is 3.40. The molecule has 0 amide bonds. The highest BCUT2D eigenvalue weighted by atomic mass is 16.6. The Kier molecular flexibility index (Phi) is 5.78. The van der Waals surface area contributed by atoms with Gasteiger partial charge in [-0.3, -0.25) is 0 Å². The Morgan fingerprint density at radius 3 is 2.80 bits per heavy atom. The number of ether oxygens (including phenoxy) is 2. The lowest BCUT2D eigenvalue weighted by Crippen LogP contribution is -2.49. The standard InChI is InChI=1S/C11H17N3O6/c1-5-6(13-14-12)3-8(11(18)19-2)20-10(5)9(17)7(16)4-15/h3,5-7,9-10,15-17H,4H2,1-2H3/t5-,6?,7?,9?,10-/m1/s1. The molecule has 0 aromatic heterocycles. The number of azide groups is 1. The molecule has 0 saturated heterocycles. The summed E-state index contributed by atoms with van der Waals surface area (Å²) in [7, 11) is 1.15. The van der Waals surface area contributed by atoms with Crippen LogP contribution in [0.15, 0.2) is 16.9 Å². The fraction of sp³-hybridized carbons (Fsp3) is 0.727. The van der Waals surface area contributed by atoms with Crippen LogP contribution in [0, 0.1) is 5.92 Å². The smallest absolute Gasteiger partial charge is 0.372 e. The van der Waals surface area contributed by atoms with E-state index in [4.69, 9.17) is 15.4 Å². The molecule has 1 heterocycles. The fourth-order valence-corrected chi connectivity index (χ4v) is 1.92. The normalized spacial score (nSPS) is 28.4. The highest BCUT2D eigenvalue weighted by Gasteiger charge is 2.40. The second kappa shape index (κ2) is 7.11. The van der Waals surface area contributed by atoms with E-state index in [1.54, 1.807) is 6.92 Å². The largest absolute Gasteiger partial charge is 0.480 e. The number of hydrogen-bond acceptors (Lipinski definition) is 7. The van der Waals surface area contributed by atoms with E-state index in [0.29, 0.717) is 0 Å². The maximum atomic E-state index is 11.5. The first kappa shape index (κ1) is 16.3. The molecule has 5 atom stereocenters. The second-order valence-electron chi connectivity index (χ2n) is 4.40. The van der Waals surface area contributed by atoms with Gasteiger partial charge in [-0.2, -0.15) is 0 Å². The summed E-state index contributed by atoms with van der Waals surface area (Å²) >= 11 is 0. The van der Waals surface area contributed by atoms with E-state index in [1.165, 1.54) is 6.08 Å². The van der Waals surface area contributed by atoms with Crippen LogP contribution >= 0.6 is 0 Å². The number of carbonyl (C=O) groups is 1. The Morgan fingerprint density at radius 1 is 1.65 bits per heavy atom. The molecule has 0 bridgehead atoms. The third-order valence-electron chi connectivity index (χ3n) is 3.13. The van der Waals surface area contributed by atoms with E-state index in [9.17, 15) is 15.0 Å². The van der Waals surface area contributed by atoms with Crippen LogP contribution in [0.3, 0.4) is 0 Å². The van der Waals surface area contributed by atoms with Crippen LogP contribution in [0.25, 0.3) is 10.4 Å². The lowest BCUT2D eigenvalue weighted by molar-refractivity contribution is -0.149. The zero-order chi connectivity index (χ0) is 15.3.